The van der Waals surface area contributed by atoms with Crippen molar-refractivity contribution in [2.75, 3.05) is 19.6 Å². The van der Waals surface area contributed by atoms with Crippen LogP contribution in [0.1, 0.15) is 86.5 Å². The van der Waals surface area contributed by atoms with Crippen molar-refractivity contribution in [1.29, 1.82) is 0 Å². The second kappa shape index (κ2) is 17.0. The molecule has 112 valence electrons. The van der Waals surface area contributed by atoms with Gasteiger partial charge in [0, 0.05) is 0 Å². The molecule has 1 heteroatoms. The fourth-order valence-electron chi connectivity index (χ4n) is 2.22. The Bertz CT molecular complexity index is 126. The second-order valence-corrected chi connectivity index (χ2v) is 4.94. The van der Waals surface area contributed by atoms with E-state index in [2.05, 4.69) is 18.7 Å². The maximum Gasteiger partial charge on any atom is -0.00162 e. The summed E-state index contributed by atoms with van der Waals surface area (Å²) < 4.78 is 0. The maximum absolute atomic E-state index is 2.66. The number of likely N-dealkylation sites (tertiary alicyclic amines) is 1. The summed E-state index contributed by atoms with van der Waals surface area (Å²) >= 11 is 0. The van der Waals surface area contributed by atoms with Gasteiger partial charge < -0.3 is 4.90 Å². The molecule has 1 nitrogen and oxygen atoms in total. The molecule has 0 aromatic rings. The van der Waals surface area contributed by atoms with Crippen LogP contribution in [0, 0.1) is 5.92 Å². The third-order valence-electron chi connectivity index (χ3n) is 3.45. The normalized spacial score (nSPS) is 16.3. The molecule has 1 saturated heterocycles. The molecule has 0 radical (unpaired) electrons. The number of nitrogens with zero attached hydrogens (tertiary/aromatic N) is 1. The van der Waals surface area contributed by atoms with Gasteiger partial charge in [-0.3, -0.25) is 0 Å². The van der Waals surface area contributed by atoms with Crippen LogP contribution in [-0.4, -0.2) is 24.5 Å². The molecule has 0 spiro atoms. The summed E-state index contributed by atoms with van der Waals surface area (Å²) in [5.74, 6) is 0.978. The highest BCUT2D eigenvalue weighted by atomic mass is 15.1. The van der Waals surface area contributed by atoms with Crippen molar-refractivity contribution in [2.45, 2.75) is 86.5 Å². The van der Waals surface area contributed by atoms with Crippen molar-refractivity contribution in [1.82, 2.24) is 4.90 Å². The van der Waals surface area contributed by atoms with Gasteiger partial charge in [-0.25, -0.2) is 0 Å². The first-order chi connectivity index (χ1) is 8.83. The average molecular weight is 258 g/mol. The van der Waals surface area contributed by atoms with E-state index < -0.39 is 0 Å². The Morgan fingerprint density at radius 3 is 1.83 bits per heavy atom. The summed E-state index contributed by atoms with van der Waals surface area (Å²) in [6.07, 6.45) is 9.96. The number of hydrogen-bond donors (Lipinski definition) is 0. The summed E-state index contributed by atoms with van der Waals surface area (Å²) in [7, 11) is 0. The van der Waals surface area contributed by atoms with E-state index in [9.17, 15) is 0 Å². The van der Waals surface area contributed by atoms with Crippen molar-refractivity contribution in [3.63, 3.8) is 0 Å². The molecule has 0 N–H and O–H groups in total. The smallest absolute Gasteiger partial charge is 0.00162 e. The van der Waals surface area contributed by atoms with Gasteiger partial charge in [-0.1, -0.05) is 67.2 Å². The van der Waals surface area contributed by atoms with Gasteiger partial charge in [0.25, 0.3) is 0 Å². The van der Waals surface area contributed by atoms with Crippen LogP contribution in [0.4, 0.5) is 0 Å². The average Bonchev–Trinajstić information content (AvgIpc) is 2.45. The summed E-state index contributed by atoms with van der Waals surface area (Å²) in [5.41, 5.74) is 0. The molecule has 0 aliphatic carbocycles. The first-order valence-corrected chi connectivity index (χ1v) is 8.55. The highest BCUT2D eigenvalue weighted by molar-refractivity contribution is 4.68. The summed E-state index contributed by atoms with van der Waals surface area (Å²) in [6, 6.07) is 0. The number of unbranched alkanes of at least 4 members (excludes halogenated alkanes) is 4. The van der Waals surface area contributed by atoms with E-state index >= 15 is 0 Å². The molecule has 0 aromatic heterocycles. The van der Waals surface area contributed by atoms with E-state index in [1.807, 2.05) is 27.7 Å². The van der Waals surface area contributed by atoms with E-state index in [4.69, 9.17) is 0 Å². The molecule has 0 bridgehead atoms. The zero-order valence-electron chi connectivity index (χ0n) is 14.1. The fourth-order valence-corrected chi connectivity index (χ4v) is 2.22. The Kier molecular flexibility index (Phi) is 19.1. The summed E-state index contributed by atoms with van der Waals surface area (Å²) in [4.78, 5) is 2.66. The standard InChI is InChI=1S/C13H27N.2C2H6/c1-3-4-5-6-7-10-14-11-8-13(2)9-12-14;2*1-2/h13H,3-12H2,1-2H3;2*1-2H3. The topological polar surface area (TPSA) is 3.24 Å². The van der Waals surface area contributed by atoms with E-state index in [1.165, 1.54) is 64.6 Å². The molecule has 0 saturated carbocycles. The van der Waals surface area contributed by atoms with Crippen molar-refractivity contribution in [2.24, 2.45) is 5.92 Å². The monoisotopic (exact) mass is 257 g/mol. The molecule has 1 rings (SSSR count). The van der Waals surface area contributed by atoms with Crippen molar-refractivity contribution in [3.05, 3.63) is 0 Å². The molecule has 0 unspecified atom stereocenters. The lowest BCUT2D eigenvalue weighted by atomic mass is 9.99. The Labute approximate surface area is 117 Å². The van der Waals surface area contributed by atoms with E-state index in [0.717, 1.165) is 5.92 Å². The third kappa shape index (κ3) is 12.4. The molecular weight excluding hydrogens is 218 g/mol. The van der Waals surface area contributed by atoms with Crippen LogP contribution in [0.3, 0.4) is 0 Å². The molecule has 18 heavy (non-hydrogen) atoms. The lowest BCUT2D eigenvalue weighted by molar-refractivity contribution is 0.189. The minimum Gasteiger partial charge on any atom is -0.303 e. The third-order valence-corrected chi connectivity index (χ3v) is 3.45. The summed E-state index contributed by atoms with van der Waals surface area (Å²) in [5, 5.41) is 0. The van der Waals surface area contributed by atoms with Crippen LogP contribution in [0.2, 0.25) is 0 Å². The van der Waals surface area contributed by atoms with Crippen molar-refractivity contribution in [3.8, 4) is 0 Å². The SMILES string of the molecule is CC.CC.CCCCCCCN1CCC(C)CC1. The van der Waals surface area contributed by atoms with Gasteiger partial charge in [-0.05, 0) is 44.8 Å². The molecule has 0 atom stereocenters. The fraction of sp³-hybridized carbons (Fsp3) is 1.00. The lowest BCUT2D eigenvalue weighted by Crippen LogP contribution is -2.33. The quantitative estimate of drug-likeness (QED) is 0.548. The minimum atomic E-state index is 0.978. The molecule has 0 amide bonds. The van der Waals surface area contributed by atoms with E-state index in [0.29, 0.717) is 0 Å². The lowest BCUT2D eigenvalue weighted by Gasteiger charge is -2.30. The predicted molar refractivity (Wildman–Crippen MR) is 86.3 cm³/mol. The highest BCUT2D eigenvalue weighted by Crippen LogP contribution is 2.16. The van der Waals surface area contributed by atoms with Crippen LogP contribution in [0.15, 0.2) is 0 Å². The van der Waals surface area contributed by atoms with E-state index in [-0.39, 0.29) is 0 Å². The Hall–Kier alpha value is -0.0400. The molecule has 1 heterocycles. The zero-order valence-corrected chi connectivity index (χ0v) is 14.1. The van der Waals surface area contributed by atoms with Gasteiger partial charge in [-0.15, -0.1) is 0 Å². The highest BCUT2D eigenvalue weighted by Gasteiger charge is 2.14. The number of piperidine rings is 1. The first-order valence-electron chi connectivity index (χ1n) is 8.55. The Morgan fingerprint density at radius 2 is 1.33 bits per heavy atom. The van der Waals surface area contributed by atoms with Crippen LogP contribution < -0.4 is 0 Å². The van der Waals surface area contributed by atoms with Gasteiger partial charge in [0.1, 0.15) is 0 Å². The van der Waals surface area contributed by atoms with Crippen molar-refractivity contribution >= 4 is 0 Å². The molecule has 1 aliphatic heterocycles. The van der Waals surface area contributed by atoms with Crippen molar-refractivity contribution < 1.29 is 0 Å². The van der Waals surface area contributed by atoms with E-state index in [1.54, 1.807) is 0 Å². The van der Waals surface area contributed by atoms with Gasteiger partial charge in [0.2, 0.25) is 0 Å². The molecule has 1 fully saturated rings. The van der Waals surface area contributed by atoms with Crippen LogP contribution in [0.25, 0.3) is 0 Å². The predicted octanol–water partition coefficient (Wildman–Crippen LogP) is 5.74. The summed E-state index contributed by atoms with van der Waals surface area (Å²) in [6.45, 7) is 16.7. The van der Waals surface area contributed by atoms with Crippen LogP contribution in [0.5, 0.6) is 0 Å². The van der Waals surface area contributed by atoms with Gasteiger partial charge in [0.05, 0.1) is 0 Å². The Morgan fingerprint density at radius 1 is 0.833 bits per heavy atom. The first kappa shape index (κ1) is 20.3. The maximum atomic E-state index is 2.66. The largest absolute Gasteiger partial charge is 0.303 e. The molecular formula is C17H39N. The molecule has 1 aliphatic rings. The van der Waals surface area contributed by atoms with Crippen LogP contribution >= 0.6 is 0 Å². The second-order valence-electron chi connectivity index (χ2n) is 4.94. The Balaban J connectivity index is 0. The van der Waals surface area contributed by atoms with Gasteiger partial charge in [0.15, 0.2) is 0 Å². The number of hydrogen-bond acceptors (Lipinski definition) is 1. The zero-order chi connectivity index (χ0) is 14.2. The van der Waals surface area contributed by atoms with Gasteiger partial charge in [-0.2, -0.15) is 0 Å². The van der Waals surface area contributed by atoms with Crippen LogP contribution in [-0.2, 0) is 0 Å². The van der Waals surface area contributed by atoms with Gasteiger partial charge >= 0.3 is 0 Å². The molecule has 0 aromatic carbocycles. The minimum absolute atomic E-state index is 0.978. The number of rotatable bonds is 6.